The second-order valence-electron chi connectivity index (χ2n) is 4.92. The van der Waals surface area contributed by atoms with Crippen molar-refractivity contribution >= 4 is 11.6 Å². The van der Waals surface area contributed by atoms with Crippen LogP contribution in [0.2, 0.25) is 0 Å². The van der Waals surface area contributed by atoms with Crippen LogP contribution in [0.3, 0.4) is 0 Å². The van der Waals surface area contributed by atoms with Crippen molar-refractivity contribution in [2.24, 2.45) is 0 Å². The lowest BCUT2D eigenvalue weighted by molar-refractivity contribution is 0.660. The lowest BCUT2D eigenvalue weighted by atomic mass is 10.2. The van der Waals surface area contributed by atoms with Gasteiger partial charge in [-0.25, -0.2) is 19.9 Å². The van der Waals surface area contributed by atoms with Crippen LogP contribution < -0.4 is 10.2 Å². The summed E-state index contributed by atoms with van der Waals surface area (Å²) in [4.78, 5) is 19.8. The first kappa shape index (κ1) is 12.8. The van der Waals surface area contributed by atoms with E-state index < -0.39 is 0 Å². The molecule has 1 aliphatic heterocycles. The van der Waals surface area contributed by atoms with Gasteiger partial charge in [-0.3, -0.25) is 0 Å². The standard InChI is InChI=1S/C14H18N6/c1-10-8-13(18-9-17-10)20-7-3-4-11(20)14-16-6-5-12(15-2)19-14/h5-6,8-9,11H,3-4,7H2,1-2H3,(H,15,16,19). The predicted molar refractivity (Wildman–Crippen MR) is 77.7 cm³/mol. The highest BCUT2D eigenvalue weighted by atomic mass is 15.3. The van der Waals surface area contributed by atoms with Crippen LogP contribution >= 0.6 is 0 Å². The number of nitrogens with one attached hydrogen (secondary N) is 1. The average Bonchev–Trinajstić information content (AvgIpc) is 2.97. The SMILES string of the molecule is CNc1ccnc(C2CCCN2c2cc(C)ncn2)n1. The molecule has 1 saturated heterocycles. The molecular formula is C14H18N6. The third-order valence-corrected chi connectivity index (χ3v) is 3.56. The van der Waals surface area contributed by atoms with Gasteiger partial charge in [0.05, 0.1) is 6.04 Å². The maximum atomic E-state index is 4.56. The minimum Gasteiger partial charge on any atom is -0.373 e. The zero-order valence-corrected chi connectivity index (χ0v) is 11.7. The van der Waals surface area contributed by atoms with E-state index >= 15 is 0 Å². The molecule has 0 aliphatic carbocycles. The first-order valence-electron chi connectivity index (χ1n) is 6.84. The van der Waals surface area contributed by atoms with Crippen LogP contribution in [0.5, 0.6) is 0 Å². The molecule has 3 rings (SSSR count). The van der Waals surface area contributed by atoms with E-state index in [2.05, 4.69) is 30.2 Å². The maximum absolute atomic E-state index is 4.56. The molecule has 0 amide bonds. The Morgan fingerprint density at radius 3 is 3.00 bits per heavy atom. The van der Waals surface area contributed by atoms with E-state index in [1.54, 1.807) is 12.5 Å². The van der Waals surface area contributed by atoms with Crippen LogP contribution in [0.25, 0.3) is 0 Å². The third kappa shape index (κ3) is 2.41. The van der Waals surface area contributed by atoms with Gasteiger partial charge in [-0.2, -0.15) is 0 Å². The highest BCUT2D eigenvalue weighted by molar-refractivity contribution is 5.43. The van der Waals surface area contributed by atoms with Crippen molar-refractivity contribution in [3.63, 3.8) is 0 Å². The first-order valence-corrected chi connectivity index (χ1v) is 6.84. The van der Waals surface area contributed by atoms with Crippen LogP contribution in [0.1, 0.15) is 30.4 Å². The Morgan fingerprint density at radius 2 is 2.20 bits per heavy atom. The summed E-state index contributed by atoms with van der Waals surface area (Å²) < 4.78 is 0. The Labute approximate surface area is 118 Å². The van der Waals surface area contributed by atoms with Crippen LogP contribution in [-0.2, 0) is 0 Å². The molecule has 2 aromatic rings. The molecule has 1 unspecified atom stereocenters. The summed E-state index contributed by atoms with van der Waals surface area (Å²) >= 11 is 0. The summed E-state index contributed by atoms with van der Waals surface area (Å²) in [5, 5.41) is 3.06. The van der Waals surface area contributed by atoms with E-state index in [0.717, 1.165) is 42.5 Å². The third-order valence-electron chi connectivity index (χ3n) is 3.56. The largest absolute Gasteiger partial charge is 0.373 e. The van der Waals surface area contributed by atoms with E-state index in [-0.39, 0.29) is 6.04 Å². The molecule has 20 heavy (non-hydrogen) atoms. The van der Waals surface area contributed by atoms with Crippen LogP contribution in [-0.4, -0.2) is 33.5 Å². The topological polar surface area (TPSA) is 66.8 Å². The zero-order valence-electron chi connectivity index (χ0n) is 11.7. The number of hydrogen-bond acceptors (Lipinski definition) is 6. The lowest BCUT2D eigenvalue weighted by Crippen LogP contribution is -2.25. The molecule has 2 aromatic heterocycles. The number of rotatable bonds is 3. The molecule has 0 spiro atoms. The fourth-order valence-electron chi connectivity index (χ4n) is 2.58. The van der Waals surface area contributed by atoms with Gasteiger partial charge in [-0.05, 0) is 25.8 Å². The van der Waals surface area contributed by atoms with E-state index in [4.69, 9.17) is 0 Å². The molecule has 1 atom stereocenters. The Morgan fingerprint density at radius 1 is 1.30 bits per heavy atom. The second-order valence-corrected chi connectivity index (χ2v) is 4.92. The summed E-state index contributed by atoms with van der Waals surface area (Å²) in [6.07, 6.45) is 5.60. The fourth-order valence-corrected chi connectivity index (χ4v) is 2.58. The lowest BCUT2D eigenvalue weighted by Gasteiger charge is -2.24. The minimum atomic E-state index is 0.192. The predicted octanol–water partition coefficient (Wildman–Crippen LogP) is 1.96. The molecule has 1 aliphatic rings. The molecule has 0 saturated carbocycles. The molecule has 104 valence electrons. The quantitative estimate of drug-likeness (QED) is 0.919. The van der Waals surface area contributed by atoms with Crippen LogP contribution in [0.15, 0.2) is 24.7 Å². The fraction of sp³-hybridized carbons (Fsp3) is 0.429. The molecule has 3 heterocycles. The molecular weight excluding hydrogens is 252 g/mol. The van der Waals surface area contributed by atoms with Crippen molar-refractivity contribution in [1.82, 2.24) is 19.9 Å². The van der Waals surface area contributed by atoms with Gasteiger partial charge in [0.25, 0.3) is 0 Å². The van der Waals surface area contributed by atoms with Crippen LogP contribution in [0.4, 0.5) is 11.6 Å². The highest BCUT2D eigenvalue weighted by Gasteiger charge is 2.29. The van der Waals surface area contributed by atoms with Crippen molar-refractivity contribution < 1.29 is 0 Å². The summed E-state index contributed by atoms with van der Waals surface area (Å²) in [7, 11) is 1.87. The molecule has 0 bridgehead atoms. The molecule has 1 N–H and O–H groups in total. The molecule has 6 nitrogen and oxygen atoms in total. The molecule has 0 aromatic carbocycles. The van der Waals surface area contributed by atoms with E-state index in [0.29, 0.717) is 0 Å². The minimum absolute atomic E-state index is 0.192. The second kappa shape index (κ2) is 5.40. The van der Waals surface area contributed by atoms with Crippen molar-refractivity contribution in [2.45, 2.75) is 25.8 Å². The monoisotopic (exact) mass is 270 g/mol. The Kier molecular flexibility index (Phi) is 3.45. The number of aryl methyl sites for hydroxylation is 1. The van der Waals surface area contributed by atoms with Gasteiger partial charge >= 0.3 is 0 Å². The first-order chi connectivity index (χ1) is 9.78. The molecule has 1 fully saturated rings. The summed E-state index contributed by atoms with van der Waals surface area (Å²) in [6.45, 7) is 2.96. The van der Waals surface area contributed by atoms with Crippen molar-refractivity contribution in [2.75, 3.05) is 23.8 Å². The van der Waals surface area contributed by atoms with Gasteiger partial charge < -0.3 is 10.2 Å². The molecule has 0 radical (unpaired) electrons. The molecule has 6 heteroatoms. The van der Waals surface area contributed by atoms with E-state index in [1.165, 1.54) is 0 Å². The number of nitrogens with zero attached hydrogens (tertiary/aromatic N) is 5. The number of aromatic nitrogens is 4. The Bertz CT molecular complexity index is 600. The van der Waals surface area contributed by atoms with Crippen molar-refractivity contribution in [1.29, 1.82) is 0 Å². The smallest absolute Gasteiger partial charge is 0.153 e. The van der Waals surface area contributed by atoms with E-state index in [1.807, 2.05) is 26.1 Å². The number of anilines is 2. The van der Waals surface area contributed by atoms with Crippen molar-refractivity contribution in [3.8, 4) is 0 Å². The van der Waals surface area contributed by atoms with Gasteiger partial charge in [0.1, 0.15) is 18.0 Å². The Hall–Kier alpha value is -2.24. The summed E-state index contributed by atoms with van der Waals surface area (Å²) in [5.41, 5.74) is 0.977. The Balaban J connectivity index is 1.92. The number of hydrogen-bond donors (Lipinski definition) is 1. The van der Waals surface area contributed by atoms with Gasteiger partial charge in [-0.15, -0.1) is 0 Å². The van der Waals surface area contributed by atoms with Gasteiger partial charge in [-0.1, -0.05) is 0 Å². The zero-order chi connectivity index (χ0) is 13.9. The normalized spacial score (nSPS) is 18.3. The summed E-state index contributed by atoms with van der Waals surface area (Å²) in [6, 6.07) is 4.08. The summed E-state index contributed by atoms with van der Waals surface area (Å²) in [5.74, 6) is 2.66. The maximum Gasteiger partial charge on any atom is 0.153 e. The van der Waals surface area contributed by atoms with E-state index in [9.17, 15) is 0 Å². The van der Waals surface area contributed by atoms with Gasteiger partial charge in [0.15, 0.2) is 5.82 Å². The highest BCUT2D eigenvalue weighted by Crippen LogP contribution is 2.33. The van der Waals surface area contributed by atoms with Gasteiger partial charge in [0, 0.05) is 31.5 Å². The van der Waals surface area contributed by atoms with Crippen LogP contribution in [0, 0.1) is 6.92 Å². The average molecular weight is 270 g/mol. The van der Waals surface area contributed by atoms with Gasteiger partial charge in [0.2, 0.25) is 0 Å². The van der Waals surface area contributed by atoms with Crippen molar-refractivity contribution in [3.05, 3.63) is 36.2 Å².